The largest absolute Gasteiger partial charge is 0.351 e. The molecule has 0 aliphatic carbocycles. The van der Waals surface area contributed by atoms with Crippen LogP contribution in [-0.2, 0) is 24.8 Å². The Bertz CT molecular complexity index is 1840. The van der Waals surface area contributed by atoms with Gasteiger partial charge in [0.1, 0.15) is 0 Å². The van der Waals surface area contributed by atoms with Crippen LogP contribution in [0.3, 0.4) is 0 Å². The average molecular weight is 720 g/mol. The number of amides is 3. The van der Waals surface area contributed by atoms with E-state index in [9.17, 15) is 31.2 Å². The van der Waals surface area contributed by atoms with Crippen molar-refractivity contribution in [1.82, 2.24) is 24.1 Å². The molecule has 0 aliphatic rings. The van der Waals surface area contributed by atoms with Gasteiger partial charge in [-0.15, -0.1) is 0 Å². The van der Waals surface area contributed by atoms with Crippen molar-refractivity contribution in [2.45, 2.75) is 30.6 Å². The van der Waals surface area contributed by atoms with Gasteiger partial charge < -0.3 is 15.5 Å². The summed E-state index contributed by atoms with van der Waals surface area (Å²) < 4.78 is 57.9. The Morgan fingerprint density at radius 3 is 1.20 bits per heavy atom. The van der Waals surface area contributed by atoms with E-state index in [-0.39, 0.29) is 36.0 Å². The van der Waals surface area contributed by atoms with Crippen LogP contribution in [0.2, 0.25) is 0 Å². The molecule has 0 spiro atoms. The first-order valence-corrected chi connectivity index (χ1v) is 18.7. The van der Waals surface area contributed by atoms with Crippen molar-refractivity contribution in [2.24, 2.45) is 0 Å². The van der Waals surface area contributed by atoms with Gasteiger partial charge in [0, 0.05) is 44.2 Å². The molecule has 0 saturated heterocycles. The molecule has 0 fully saturated rings. The SMILES string of the molecule is CC(=O)N(CN(CCNC(=O)c1ccccc1)S(=O)(=O)c1ccc(C)cc1)CN(CCNC(=O)c1ccccc1)S(=O)(=O)c1ccc(C)cc1. The fourth-order valence-electron chi connectivity index (χ4n) is 4.85. The Hall–Kier alpha value is -4.89. The van der Waals surface area contributed by atoms with Gasteiger partial charge in [0.05, 0.1) is 23.1 Å². The summed E-state index contributed by atoms with van der Waals surface area (Å²) in [5.41, 5.74) is 2.46. The maximum absolute atomic E-state index is 14.0. The number of benzene rings is 4. The topological polar surface area (TPSA) is 153 Å². The van der Waals surface area contributed by atoms with Crippen LogP contribution in [0.5, 0.6) is 0 Å². The lowest BCUT2D eigenvalue weighted by atomic mass is 10.2. The molecule has 0 aromatic heterocycles. The van der Waals surface area contributed by atoms with Crippen molar-refractivity contribution in [3.05, 3.63) is 131 Å². The van der Waals surface area contributed by atoms with Crippen LogP contribution < -0.4 is 10.6 Å². The zero-order valence-corrected chi connectivity index (χ0v) is 29.8. The lowest BCUT2D eigenvalue weighted by molar-refractivity contribution is -0.131. The first-order valence-electron chi connectivity index (χ1n) is 15.8. The number of carbonyl (C=O) groups excluding carboxylic acids is 3. The van der Waals surface area contributed by atoms with Crippen molar-refractivity contribution in [2.75, 3.05) is 39.5 Å². The van der Waals surface area contributed by atoms with E-state index in [1.807, 2.05) is 13.8 Å². The molecule has 14 heteroatoms. The Morgan fingerprint density at radius 2 is 0.880 bits per heavy atom. The second-order valence-corrected chi connectivity index (χ2v) is 15.4. The monoisotopic (exact) mass is 719 g/mol. The molecule has 4 aromatic carbocycles. The predicted octanol–water partition coefficient (Wildman–Crippen LogP) is 3.61. The quantitative estimate of drug-likeness (QED) is 0.168. The smallest absolute Gasteiger partial charge is 0.251 e. The van der Waals surface area contributed by atoms with E-state index in [1.165, 1.54) is 31.2 Å². The van der Waals surface area contributed by atoms with Crippen molar-refractivity contribution in [1.29, 1.82) is 0 Å². The van der Waals surface area contributed by atoms with Gasteiger partial charge in [0.15, 0.2) is 0 Å². The molecule has 2 N–H and O–H groups in total. The van der Waals surface area contributed by atoms with E-state index < -0.39 is 51.1 Å². The van der Waals surface area contributed by atoms with Crippen LogP contribution in [-0.4, -0.2) is 87.6 Å². The molecule has 0 unspecified atom stereocenters. The van der Waals surface area contributed by atoms with Crippen molar-refractivity contribution < 1.29 is 31.2 Å². The van der Waals surface area contributed by atoms with Crippen LogP contribution in [0.1, 0.15) is 38.8 Å². The highest BCUT2D eigenvalue weighted by molar-refractivity contribution is 7.89. The van der Waals surface area contributed by atoms with E-state index in [0.717, 1.165) is 24.6 Å². The van der Waals surface area contributed by atoms with Crippen molar-refractivity contribution >= 4 is 37.8 Å². The van der Waals surface area contributed by atoms with Gasteiger partial charge in [-0.2, -0.15) is 8.61 Å². The van der Waals surface area contributed by atoms with Gasteiger partial charge in [0.25, 0.3) is 11.8 Å². The standard InChI is InChI=1S/C36H41N5O7S2/c1-28-14-18-33(19-15-28)49(45,46)40(24-22-37-35(43)31-10-6-4-7-11-31)26-39(30(3)42)27-41(50(47,48)34-20-16-29(2)17-21-34)25-23-38-36(44)32-12-8-5-9-13-32/h4-21H,22-27H2,1-3H3,(H,37,43)(H,38,44). The number of rotatable bonds is 16. The van der Waals surface area contributed by atoms with Gasteiger partial charge >= 0.3 is 0 Å². The number of hydrogen-bond donors (Lipinski definition) is 2. The molecule has 12 nitrogen and oxygen atoms in total. The normalized spacial score (nSPS) is 11.7. The fourth-order valence-corrected chi connectivity index (χ4v) is 7.65. The van der Waals surface area contributed by atoms with E-state index in [1.54, 1.807) is 84.9 Å². The molecule has 4 aromatic rings. The van der Waals surface area contributed by atoms with Gasteiger partial charge in [-0.25, -0.2) is 16.8 Å². The third kappa shape index (κ3) is 10.1. The Morgan fingerprint density at radius 1 is 0.540 bits per heavy atom. The maximum Gasteiger partial charge on any atom is 0.251 e. The molecular formula is C36H41N5O7S2. The summed E-state index contributed by atoms with van der Waals surface area (Å²) in [4.78, 5) is 39.6. The third-order valence-electron chi connectivity index (χ3n) is 7.79. The van der Waals surface area contributed by atoms with E-state index in [2.05, 4.69) is 10.6 Å². The number of sulfonamides is 2. The lowest BCUT2D eigenvalue weighted by Gasteiger charge is -2.33. The summed E-state index contributed by atoms with van der Waals surface area (Å²) in [6.45, 7) is 3.15. The minimum absolute atomic E-state index is 0.0336. The molecule has 0 radical (unpaired) electrons. The highest BCUT2D eigenvalue weighted by Gasteiger charge is 2.32. The molecular weight excluding hydrogens is 679 g/mol. The summed E-state index contributed by atoms with van der Waals surface area (Å²) in [6.07, 6.45) is 0. The number of nitrogens with zero attached hydrogens (tertiary/aromatic N) is 3. The van der Waals surface area contributed by atoms with Gasteiger partial charge in [-0.1, -0.05) is 71.8 Å². The van der Waals surface area contributed by atoms with Gasteiger partial charge in [0.2, 0.25) is 26.0 Å². The number of hydrogen-bond acceptors (Lipinski definition) is 7. The first kappa shape index (κ1) is 37.9. The summed E-state index contributed by atoms with van der Waals surface area (Å²) in [6, 6.07) is 29.2. The van der Waals surface area contributed by atoms with Crippen LogP contribution in [0.15, 0.2) is 119 Å². The Kier molecular flexibility index (Phi) is 13.0. The minimum atomic E-state index is -4.23. The number of nitrogens with one attached hydrogen (secondary N) is 2. The first-order chi connectivity index (χ1) is 23.8. The molecule has 50 heavy (non-hydrogen) atoms. The molecule has 0 saturated carbocycles. The van der Waals surface area contributed by atoms with Crippen LogP contribution in [0, 0.1) is 13.8 Å². The molecule has 0 bridgehead atoms. The molecule has 264 valence electrons. The van der Waals surface area contributed by atoms with Gasteiger partial charge in [-0.05, 0) is 62.4 Å². The summed E-state index contributed by atoms with van der Waals surface area (Å²) in [7, 11) is -8.47. The minimum Gasteiger partial charge on any atom is -0.351 e. The molecule has 3 amide bonds. The predicted molar refractivity (Wildman–Crippen MR) is 190 cm³/mol. The second kappa shape index (κ2) is 17.2. The fraction of sp³-hybridized carbons (Fsp3) is 0.250. The second-order valence-electron chi connectivity index (χ2n) is 11.6. The summed E-state index contributed by atoms with van der Waals surface area (Å²) >= 11 is 0. The number of aryl methyl sites for hydroxylation is 2. The van der Waals surface area contributed by atoms with Crippen LogP contribution in [0.25, 0.3) is 0 Å². The average Bonchev–Trinajstić information content (AvgIpc) is 3.10. The summed E-state index contributed by atoms with van der Waals surface area (Å²) in [5, 5.41) is 5.43. The molecule has 0 heterocycles. The lowest BCUT2D eigenvalue weighted by Crippen LogP contribution is -2.51. The highest BCUT2D eigenvalue weighted by Crippen LogP contribution is 2.20. The zero-order valence-electron chi connectivity index (χ0n) is 28.2. The van der Waals surface area contributed by atoms with Crippen LogP contribution in [0.4, 0.5) is 0 Å². The van der Waals surface area contributed by atoms with Crippen LogP contribution >= 0.6 is 0 Å². The van der Waals surface area contributed by atoms with E-state index in [0.29, 0.717) is 11.1 Å². The highest BCUT2D eigenvalue weighted by atomic mass is 32.2. The Balaban J connectivity index is 1.61. The summed E-state index contributed by atoms with van der Waals surface area (Å²) in [5.74, 6) is -1.41. The van der Waals surface area contributed by atoms with E-state index in [4.69, 9.17) is 0 Å². The molecule has 4 rings (SSSR count). The van der Waals surface area contributed by atoms with E-state index >= 15 is 0 Å². The molecule has 0 aliphatic heterocycles. The molecule has 0 atom stereocenters. The number of carbonyl (C=O) groups is 3. The Labute approximate surface area is 293 Å². The van der Waals surface area contributed by atoms with Crippen molar-refractivity contribution in [3.63, 3.8) is 0 Å². The maximum atomic E-state index is 14.0. The zero-order chi connectivity index (χ0) is 36.3. The van der Waals surface area contributed by atoms with Crippen molar-refractivity contribution in [3.8, 4) is 0 Å². The third-order valence-corrected chi connectivity index (χ3v) is 11.5. The van der Waals surface area contributed by atoms with Gasteiger partial charge in [-0.3, -0.25) is 14.4 Å².